The molecule has 0 fully saturated rings. The predicted octanol–water partition coefficient (Wildman–Crippen LogP) is 6.15. The Hall–Kier alpha value is -3.65. The lowest BCUT2D eigenvalue weighted by Gasteiger charge is -2.15. The van der Waals surface area contributed by atoms with Crippen molar-refractivity contribution < 1.29 is 14.0 Å². The molecule has 0 unspecified atom stereocenters. The fraction of sp³-hybridized carbons (Fsp3) is 0.296. The maximum atomic E-state index is 13.6. The summed E-state index contributed by atoms with van der Waals surface area (Å²) >= 11 is 1.22. The van der Waals surface area contributed by atoms with Gasteiger partial charge < -0.3 is 20.8 Å². The molecule has 2 amide bonds. The second-order valence-electron chi connectivity index (χ2n) is 8.94. The van der Waals surface area contributed by atoms with Crippen molar-refractivity contribution in [1.29, 1.82) is 0 Å². The van der Waals surface area contributed by atoms with Crippen molar-refractivity contribution in [3.05, 3.63) is 63.4 Å². The van der Waals surface area contributed by atoms with E-state index in [9.17, 15) is 9.59 Å². The molecule has 4 rings (SSSR count). The first kappa shape index (κ1) is 24.5. The maximum absolute atomic E-state index is 13.6. The number of thiophene rings is 1. The fourth-order valence-electron chi connectivity index (χ4n) is 4.06. The van der Waals surface area contributed by atoms with Gasteiger partial charge in [0, 0.05) is 22.7 Å². The van der Waals surface area contributed by atoms with Gasteiger partial charge in [-0.2, -0.15) is 0 Å². The number of fused-ring (bicyclic) bond motifs is 1. The largest absolute Gasteiger partial charge is 0.461 e. The Kier molecular flexibility index (Phi) is 6.67. The van der Waals surface area contributed by atoms with Crippen LogP contribution in [0.1, 0.15) is 62.9 Å². The molecule has 8 heteroatoms. The van der Waals surface area contributed by atoms with Gasteiger partial charge in [-0.05, 0) is 64.8 Å². The minimum atomic E-state index is -0.316. The highest BCUT2D eigenvalue weighted by Crippen LogP contribution is 2.42. The molecule has 0 aliphatic heterocycles. The molecule has 35 heavy (non-hydrogen) atoms. The van der Waals surface area contributed by atoms with E-state index in [0.717, 1.165) is 17.5 Å². The number of amides is 2. The van der Waals surface area contributed by atoms with Gasteiger partial charge >= 0.3 is 0 Å². The summed E-state index contributed by atoms with van der Waals surface area (Å²) in [5.41, 5.74) is 11.1. The SMILES string of the molecule is CC[C@@H](C)NC(=O)c1sc2nc(C)c(C(=O)Nc3ccc(C)cc3C)c(-c3ccc(C)o3)c2c1N. The first-order valence-corrected chi connectivity index (χ1v) is 12.4. The van der Waals surface area contributed by atoms with Crippen LogP contribution >= 0.6 is 11.3 Å². The molecule has 0 radical (unpaired) electrons. The van der Waals surface area contributed by atoms with Crippen molar-refractivity contribution >= 4 is 44.7 Å². The summed E-state index contributed by atoms with van der Waals surface area (Å²) in [4.78, 5) is 32.2. The minimum absolute atomic E-state index is 0.00749. The van der Waals surface area contributed by atoms with Crippen molar-refractivity contribution in [3.8, 4) is 11.3 Å². The monoisotopic (exact) mass is 490 g/mol. The lowest BCUT2D eigenvalue weighted by Crippen LogP contribution is -2.31. The number of benzene rings is 1. The van der Waals surface area contributed by atoms with Crippen molar-refractivity contribution in [1.82, 2.24) is 10.3 Å². The molecule has 3 aromatic heterocycles. The number of carbonyl (C=O) groups excluding carboxylic acids is 2. The predicted molar refractivity (Wildman–Crippen MR) is 142 cm³/mol. The van der Waals surface area contributed by atoms with Crippen LogP contribution in [0.25, 0.3) is 21.5 Å². The van der Waals surface area contributed by atoms with E-state index in [-0.39, 0.29) is 17.9 Å². The van der Waals surface area contributed by atoms with Crippen LogP contribution in [0.2, 0.25) is 0 Å². The van der Waals surface area contributed by atoms with Crippen molar-refractivity contribution in [2.45, 2.75) is 54.0 Å². The Bertz CT molecular complexity index is 1450. The molecule has 0 saturated carbocycles. The van der Waals surface area contributed by atoms with Crippen LogP contribution in [0.15, 0.2) is 34.7 Å². The topological polar surface area (TPSA) is 110 Å². The summed E-state index contributed by atoms with van der Waals surface area (Å²) in [5, 5.41) is 6.54. The molecular formula is C27H30N4O3S. The molecule has 0 bridgehead atoms. The van der Waals surface area contributed by atoms with Gasteiger partial charge in [0.2, 0.25) is 0 Å². The molecule has 0 aliphatic rings. The van der Waals surface area contributed by atoms with Crippen LogP contribution in [0, 0.1) is 27.7 Å². The van der Waals surface area contributed by atoms with E-state index in [1.165, 1.54) is 11.3 Å². The molecule has 4 aromatic rings. The number of aryl methyl sites for hydroxylation is 4. The summed E-state index contributed by atoms with van der Waals surface area (Å²) in [6.45, 7) is 11.5. The van der Waals surface area contributed by atoms with Gasteiger partial charge in [0.15, 0.2) is 0 Å². The number of anilines is 2. The molecule has 1 aromatic carbocycles. The van der Waals surface area contributed by atoms with Crippen LogP contribution in [0.3, 0.4) is 0 Å². The van der Waals surface area contributed by atoms with Crippen molar-refractivity contribution in [3.63, 3.8) is 0 Å². The van der Waals surface area contributed by atoms with Crippen molar-refractivity contribution in [2.75, 3.05) is 11.1 Å². The number of nitrogens with zero attached hydrogens (tertiary/aromatic N) is 1. The fourth-order valence-corrected chi connectivity index (χ4v) is 5.11. The molecule has 1 atom stereocenters. The van der Waals surface area contributed by atoms with E-state index in [1.54, 1.807) is 6.92 Å². The zero-order chi connectivity index (χ0) is 25.4. The van der Waals surface area contributed by atoms with Gasteiger partial charge in [-0.15, -0.1) is 11.3 Å². The van der Waals surface area contributed by atoms with Gasteiger partial charge in [0.25, 0.3) is 11.8 Å². The number of hydrogen-bond donors (Lipinski definition) is 3. The Labute approximate surface area is 208 Å². The summed E-state index contributed by atoms with van der Waals surface area (Å²) in [5.74, 6) is 0.638. The van der Waals surface area contributed by atoms with E-state index < -0.39 is 0 Å². The lowest BCUT2D eigenvalue weighted by molar-refractivity contribution is 0.0943. The van der Waals surface area contributed by atoms with Crippen LogP contribution in [-0.4, -0.2) is 22.8 Å². The highest BCUT2D eigenvalue weighted by atomic mass is 32.1. The van der Waals surface area contributed by atoms with E-state index in [1.807, 2.05) is 65.0 Å². The number of pyridine rings is 1. The average molecular weight is 491 g/mol. The van der Waals surface area contributed by atoms with Crippen LogP contribution in [0.5, 0.6) is 0 Å². The van der Waals surface area contributed by atoms with E-state index >= 15 is 0 Å². The second-order valence-corrected chi connectivity index (χ2v) is 9.94. The molecule has 0 saturated heterocycles. The molecule has 4 N–H and O–H groups in total. The van der Waals surface area contributed by atoms with E-state index in [4.69, 9.17) is 10.2 Å². The third-order valence-electron chi connectivity index (χ3n) is 6.10. The number of rotatable bonds is 6. The van der Waals surface area contributed by atoms with Crippen LogP contribution < -0.4 is 16.4 Å². The van der Waals surface area contributed by atoms with Crippen LogP contribution in [0.4, 0.5) is 11.4 Å². The van der Waals surface area contributed by atoms with E-state index in [2.05, 4.69) is 15.6 Å². The Morgan fingerprint density at radius 3 is 2.49 bits per heavy atom. The van der Waals surface area contributed by atoms with Gasteiger partial charge in [0.1, 0.15) is 21.2 Å². The summed E-state index contributed by atoms with van der Waals surface area (Å²) in [6.07, 6.45) is 0.799. The molecule has 7 nitrogen and oxygen atoms in total. The Balaban J connectivity index is 1.91. The normalized spacial score (nSPS) is 12.1. The minimum Gasteiger partial charge on any atom is -0.461 e. The Morgan fingerprint density at radius 1 is 1.11 bits per heavy atom. The summed E-state index contributed by atoms with van der Waals surface area (Å²) < 4.78 is 5.96. The summed E-state index contributed by atoms with van der Waals surface area (Å²) in [7, 11) is 0. The maximum Gasteiger partial charge on any atom is 0.263 e. The summed E-state index contributed by atoms with van der Waals surface area (Å²) in [6, 6.07) is 9.51. The molecule has 0 aliphatic carbocycles. The van der Waals surface area contributed by atoms with Gasteiger partial charge in [-0.1, -0.05) is 24.6 Å². The highest BCUT2D eigenvalue weighted by molar-refractivity contribution is 7.21. The molecule has 0 spiro atoms. The zero-order valence-electron chi connectivity index (χ0n) is 20.8. The molecule has 3 heterocycles. The van der Waals surface area contributed by atoms with Gasteiger partial charge in [0.05, 0.1) is 16.9 Å². The standard InChI is InChI=1S/C27H30N4O3S/c1-7-15(4)29-26(33)24-23(28)22-21(19-11-9-16(5)34-19)20(17(6)30-27(22)35-24)25(32)31-18-10-8-13(2)12-14(18)3/h8-12,15H,7,28H2,1-6H3,(H,29,33)(H,31,32)/t15-/m1/s1. The number of furan rings is 1. The molecule has 182 valence electrons. The van der Waals surface area contributed by atoms with Crippen LogP contribution in [-0.2, 0) is 0 Å². The van der Waals surface area contributed by atoms with Crippen molar-refractivity contribution in [2.24, 2.45) is 0 Å². The first-order valence-electron chi connectivity index (χ1n) is 11.6. The van der Waals surface area contributed by atoms with Gasteiger partial charge in [-0.3, -0.25) is 9.59 Å². The number of nitrogen functional groups attached to an aromatic ring is 1. The first-order chi connectivity index (χ1) is 16.6. The number of nitrogens with two attached hydrogens (primary N) is 1. The number of carbonyl (C=O) groups is 2. The highest BCUT2D eigenvalue weighted by Gasteiger charge is 2.28. The second kappa shape index (κ2) is 9.54. The number of hydrogen-bond acceptors (Lipinski definition) is 6. The molecular weight excluding hydrogens is 460 g/mol. The van der Waals surface area contributed by atoms with Gasteiger partial charge in [-0.25, -0.2) is 4.98 Å². The third kappa shape index (κ3) is 4.66. The zero-order valence-corrected chi connectivity index (χ0v) is 21.6. The number of aromatic nitrogens is 1. The van der Waals surface area contributed by atoms with E-state index in [0.29, 0.717) is 54.8 Å². The average Bonchev–Trinajstić information content (AvgIpc) is 3.37. The smallest absolute Gasteiger partial charge is 0.263 e. The quantitative estimate of drug-likeness (QED) is 0.300. The lowest BCUT2D eigenvalue weighted by atomic mass is 9.99. The Morgan fingerprint density at radius 2 is 1.86 bits per heavy atom. The third-order valence-corrected chi connectivity index (χ3v) is 7.20. The number of nitrogens with one attached hydrogen (secondary N) is 2.